The lowest BCUT2D eigenvalue weighted by molar-refractivity contribution is 0.304. The second-order valence-electron chi connectivity index (χ2n) is 8.91. The molecule has 0 fully saturated rings. The second-order valence-corrected chi connectivity index (χ2v) is 10.9. The molecule has 4 nitrogen and oxygen atoms in total. The fourth-order valence-electron chi connectivity index (χ4n) is 3.96. The van der Waals surface area contributed by atoms with Gasteiger partial charge in [0.2, 0.25) is 9.84 Å². The summed E-state index contributed by atoms with van der Waals surface area (Å²) in [7, 11) is -3.59. The summed E-state index contributed by atoms with van der Waals surface area (Å²) in [5, 5.41) is 9.35. The van der Waals surface area contributed by atoms with Gasteiger partial charge in [-0.25, -0.2) is 8.42 Å². The highest BCUT2D eigenvalue weighted by Gasteiger charge is 2.17. The van der Waals surface area contributed by atoms with Gasteiger partial charge in [-0.15, -0.1) is 0 Å². The molecule has 5 heteroatoms. The molecule has 184 valence electrons. The van der Waals surface area contributed by atoms with Gasteiger partial charge in [-0.3, -0.25) is 0 Å². The number of phenolic OH excluding ortho intramolecular Hbond substituents is 1. The first-order valence-electron chi connectivity index (χ1n) is 12.8. The minimum atomic E-state index is -3.59. The van der Waals surface area contributed by atoms with E-state index in [2.05, 4.69) is 6.92 Å². The average molecular weight is 475 g/mol. The molecule has 33 heavy (non-hydrogen) atoms. The zero-order valence-corrected chi connectivity index (χ0v) is 21.1. The Balaban J connectivity index is 1.51. The lowest BCUT2D eigenvalue weighted by atomic mass is 10.0. The van der Waals surface area contributed by atoms with Gasteiger partial charge < -0.3 is 9.84 Å². The maximum absolute atomic E-state index is 12.6. The zero-order valence-electron chi connectivity index (χ0n) is 20.3. The van der Waals surface area contributed by atoms with Crippen molar-refractivity contribution in [3.8, 4) is 11.5 Å². The van der Waals surface area contributed by atoms with E-state index in [1.165, 1.54) is 108 Å². The summed E-state index contributed by atoms with van der Waals surface area (Å²) in [6.45, 7) is 2.92. The molecule has 0 heterocycles. The monoisotopic (exact) mass is 474 g/mol. The minimum absolute atomic E-state index is 0.0428. The predicted octanol–water partition coefficient (Wildman–Crippen LogP) is 8.09. The van der Waals surface area contributed by atoms with Crippen molar-refractivity contribution in [2.45, 2.75) is 107 Å². The highest BCUT2D eigenvalue weighted by molar-refractivity contribution is 7.91. The van der Waals surface area contributed by atoms with Crippen molar-refractivity contribution >= 4 is 9.84 Å². The number of hydrogen-bond acceptors (Lipinski definition) is 4. The molecular formula is C28H42O4S. The van der Waals surface area contributed by atoms with Gasteiger partial charge in [-0.05, 0) is 55.0 Å². The Morgan fingerprint density at radius 1 is 0.606 bits per heavy atom. The standard InChI is InChI=1S/C28H42O4S/c1-2-3-4-5-6-7-8-9-10-11-12-13-14-15-24-32-26-18-22-28(23-19-26)33(30,31)27-20-16-25(29)17-21-27/h16-23,29H,2-15,24H2,1H3. The van der Waals surface area contributed by atoms with Gasteiger partial charge in [0.1, 0.15) is 11.5 Å². The van der Waals surface area contributed by atoms with E-state index in [0.717, 1.165) is 6.42 Å². The van der Waals surface area contributed by atoms with Crippen molar-refractivity contribution in [3.63, 3.8) is 0 Å². The van der Waals surface area contributed by atoms with Crippen molar-refractivity contribution < 1.29 is 18.3 Å². The van der Waals surface area contributed by atoms with Crippen molar-refractivity contribution in [3.05, 3.63) is 48.5 Å². The third-order valence-corrected chi connectivity index (χ3v) is 7.83. The molecule has 0 saturated carbocycles. The number of benzene rings is 2. The highest BCUT2D eigenvalue weighted by Crippen LogP contribution is 2.24. The minimum Gasteiger partial charge on any atom is -0.508 e. The van der Waals surface area contributed by atoms with Crippen LogP contribution in [0, 0.1) is 0 Å². The van der Waals surface area contributed by atoms with Crippen LogP contribution in [-0.2, 0) is 9.84 Å². The summed E-state index contributed by atoms with van der Waals surface area (Å²) < 4.78 is 31.1. The van der Waals surface area contributed by atoms with E-state index in [4.69, 9.17) is 4.74 Å². The third kappa shape index (κ3) is 10.6. The SMILES string of the molecule is CCCCCCCCCCCCCCCCOc1ccc(S(=O)(=O)c2ccc(O)cc2)cc1. The van der Waals surface area contributed by atoms with Gasteiger partial charge in [0.25, 0.3) is 0 Å². The van der Waals surface area contributed by atoms with E-state index in [9.17, 15) is 13.5 Å². The van der Waals surface area contributed by atoms with Crippen LogP contribution in [0.5, 0.6) is 11.5 Å². The lowest BCUT2D eigenvalue weighted by Crippen LogP contribution is -2.02. The first kappa shape index (κ1) is 27.2. The number of hydrogen-bond donors (Lipinski definition) is 1. The molecule has 0 aromatic heterocycles. The summed E-state index contributed by atoms with van der Waals surface area (Å²) in [6, 6.07) is 12.1. The zero-order chi connectivity index (χ0) is 23.8. The van der Waals surface area contributed by atoms with E-state index in [-0.39, 0.29) is 15.5 Å². The largest absolute Gasteiger partial charge is 0.508 e. The van der Waals surface area contributed by atoms with Crippen LogP contribution in [0.1, 0.15) is 96.8 Å². The van der Waals surface area contributed by atoms with Gasteiger partial charge in [-0.1, -0.05) is 90.4 Å². The molecule has 0 aliphatic carbocycles. The molecular weight excluding hydrogens is 432 g/mol. The Morgan fingerprint density at radius 3 is 1.45 bits per heavy atom. The Labute approximate surface area is 201 Å². The van der Waals surface area contributed by atoms with Crippen LogP contribution >= 0.6 is 0 Å². The van der Waals surface area contributed by atoms with Gasteiger partial charge in [0.05, 0.1) is 16.4 Å². The van der Waals surface area contributed by atoms with Crippen LogP contribution < -0.4 is 4.74 Å². The summed E-state index contributed by atoms with van der Waals surface area (Å²) in [6.07, 6.45) is 18.6. The number of rotatable bonds is 18. The fourth-order valence-corrected chi connectivity index (χ4v) is 5.22. The van der Waals surface area contributed by atoms with Crippen LogP contribution in [0.3, 0.4) is 0 Å². The van der Waals surface area contributed by atoms with Crippen LogP contribution in [0.2, 0.25) is 0 Å². The molecule has 0 amide bonds. The number of ether oxygens (including phenoxy) is 1. The lowest BCUT2D eigenvalue weighted by Gasteiger charge is -2.08. The third-order valence-electron chi connectivity index (χ3n) is 6.05. The number of unbranched alkanes of at least 4 members (excludes halogenated alkanes) is 13. The molecule has 2 aromatic rings. The van der Waals surface area contributed by atoms with Crippen LogP contribution in [0.25, 0.3) is 0 Å². The maximum atomic E-state index is 12.6. The number of aromatic hydroxyl groups is 1. The van der Waals surface area contributed by atoms with E-state index < -0.39 is 9.84 Å². The van der Waals surface area contributed by atoms with E-state index in [0.29, 0.717) is 12.4 Å². The normalized spacial score (nSPS) is 11.5. The van der Waals surface area contributed by atoms with E-state index in [1.807, 2.05) is 0 Å². The van der Waals surface area contributed by atoms with Crippen molar-refractivity contribution in [2.24, 2.45) is 0 Å². The summed E-state index contributed by atoms with van der Waals surface area (Å²) in [5.41, 5.74) is 0. The van der Waals surface area contributed by atoms with Crippen molar-refractivity contribution in [1.29, 1.82) is 0 Å². The first-order valence-corrected chi connectivity index (χ1v) is 14.3. The van der Waals surface area contributed by atoms with Gasteiger partial charge in [0.15, 0.2) is 0 Å². The number of sulfone groups is 1. The Kier molecular flexibility index (Phi) is 13.0. The van der Waals surface area contributed by atoms with Gasteiger partial charge >= 0.3 is 0 Å². The first-order chi connectivity index (χ1) is 16.0. The van der Waals surface area contributed by atoms with Gasteiger partial charge in [0, 0.05) is 0 Å². The van der Waals surface area contributed by atoms with E-state index in [1.54, 1.807) is 24.3 Å². The van der Waals surface area contributed by atoms with Crippen molar-refractivity contribution in [2.75, 3.05) is 6.61 Å². The van der Waals surface area contributed by atoms with Crippen LogP contribution in [0.15, 0.2) is 58.3 Å². The smallest absolute Gasteiger partial charge is 0.206 e. The molecule has 0 radical (unpaired) electrons. The Hall–Kier alpha value is -2.01. The fraction of sp³-hybridized carbons (Fsp3) is 0.571. The van der Waals surface area contributed by atoms with Crippen LogP contribution in [-0.4, -0.2) is 20.1 Å². The Morgan fingerprint density at radius 2 is 1.00 bits per heavy atom. The second kappa shape index (κ2) is 15.8. The molecule has 2 rings (SSSR count). The van der Waals surface area contributed by atoms with Gasteiger partial charge in [-0.2, -0.15) is 0 Å². The molecule has 0 atom stereocenters. The van der Waals surface area contributed by atoms with Crippen molar-refractivity contribution in [1.82, 2.24) is 0 Å². The molecule has 1 N–H and O–H groups in total. The molecule has 2 aromatic carbocycles. The maximum Gasteiger partial charge on any atom is 0.206 e. The molecule has 0 spiro atoms. The van der Waals surface area contributed by atoms with Crippen LogP contribution in [0.4, 0.5) is 0 Å². The quantitative estimate of drug-likeness (QED) is 0.222. The molecule has 0 aliphatic heterocycles. The highest BCUT2D eigenvalue weighted by atomic mass is 32.2. The summed E-state index contributed by atoms with van der Waals surface area (Å²) in [5.74, 6) is 0.732. The van der Waals surface area contributed by atoms with E-state index >= 15 is 0 Å². The molecule has 0 unspecified atom stereocenters. The molecule has 0 saturated heterocycles. The number of phenols is 1. The molecule has 0 bridgehead atoms. The molecule has 0 aliphatic rings. The summed E-state index contributed by atoms with van der Waals surface area (Å²) in [4.78, 5) is 0.383. The Bertz CT molecular complexity index is 858. The summed E-state index contributed by atoms with van der Waals surface area (Å²) >= 11 is 0. The topological polar surface area (TPSA) is 63.6 Å². The average Bonchev–Trinajstić information content (AvgIpc) is 2.82. The predicted molar refractivity (Wildman–Crippen MR) is 136 cm³/mol.